The number of allylic oxidation sites excluding steroid dienone is 1. The summed E-state index contributed by atoms with van der Waals surface area (Å²) in [6, 6.07) is 0. The topological polar surface area (TPSA) is 63.6 Å². The highest BCUT2D eigenvalue weighted by atomic mass is 16.5. The van der Waals surface area contributed by atoms with Gasteiger partial charge < -0.3 is 9.84 Å². The summed E-state index contributed by atoms with van der Waals surface area (Å²) in [4.78, 5) is 22.2. The van der Waals surface area contributed by atoms with Crippen molar-refractivity contribution in [3.63, 3.8) is 0 Å². The van der Waals surface area contributed by atoms with Crippen molar-refractivity contribution >= 4 is 11.9 Å². The Morgan fingerprint density at radius 3 is 2.41 bits per heavy atom. The summed E-state index contributed by atoms with van der Waals surface area (Å²) in [6.45, 7) is 8.09. The van der Waals surface area contributed by atoms with E-state index in [1.165, 1.54) is 6.08 Å². The molecule has 0 bridgehead atoms. The molecule has 0 spiro atoms. The maximum atomic E-state index is 11.3. The molecule has 0 amide bonds. The summed E-state index contributed by atoms with van der Waals surface area (Å²) in [5.41, 5.74) is -0.263. The molecule has 0 aromatic carbocycles. The van der Waals surface area contributed by atoms with Gasteiger partial charge in [0, 0.05) is 6.08 Å². The molecule has 4 heteroatoms. The molecule has 1 aliphatic carbocycles. The second-order valence-corrected chi connectivity index (χ2v) is 5.55. The average molecular weight is 240 g/mol. The van der Waals surface area contributed by atoms with Gasteiger partial charge in [0.1, 0.15) is 0 Å². The normalized spacial score (nSPS) is 26.2. The minimum atomic E-state index is -0.805. The van der Waals surface area contributed by atoms with Gasteiger partial charge in [0.15, 0.2) is 0 Å². The fraction of sp³-hybridized carbons (Fsp3) is 0.692. The Balaban J connectivity index is 2.45. The van der Waals surface area contributed by atoms with Crippen LogP contribution in [0.15, 0.2) is 12.2 Å². The minimum Gasteiger partial charge on any atom is -0.481 e. The fourth-order valence-electron chi connectivity index (χ4n) is 1.99. The number of ether oxygens (including phenoxy) is 1. The SMILES string of the molecule is CC(C)COC(=O)/C=C\[C@H]1[C@@H](C(=O)O)C1(C)C. The summed E-state index contributed by atoms with van der Waals surface area (Å²) in [7, 11) is 0. The van der Waals surface area contributed by atoms with Crippen LogP contribution in [0.25, 0.3) is 0 Å². The quantitative estimate of drug-likeness (QED) is 0.590. The standard InChI is InChI=1S/C13H20O4/c1-8(2)7-17-10(14)6-5-9-11(12(15)16)13(9,3)4/h5-6,8-9,11H,7H2,1-4H3,(H,15,16)/b6-5-/t9-,11-/m0/s1. The van der Waals surface area contributed by atoms with Crippen LogP contribution in [0.2, 0.25) is 0 Å². The van der Waals surface area contributed by atoms with Gasteiger partial charge in [-0.05, 0) is 17.3 Å². The van der Waals surface area contributed by atoms with Crippen LogP contribution in [0.4, 0.5) is 0 Å². The van der Waals surface area contributed by atoms with Crippen LogP contribution >= 0.6 is 0 Å². The lowest BCUT2D eigenvalue weighted by atomic mass is 10.1. The summed E-state index contributed by atoms with van der Waals surface area (Å²) >= 11 is 0. The molecular formula is C13H20O4. The largest absolute Gasteiger partial charge is 0.481 e. The lowest BCUT2D eigenvalue weighted by molar-refractivity contribution is -0.140. The molecule has 4 nitrogen and oxygen atoms in total. The van der Waals surface area contributed by atoms with Crippen molar-refractivity contribution in [3.8, 4) is 0 Å². The summed E-state index contributed by atoms with van der Waals surface area (Å²) < 4.78 is 4.97. The minimum absolute atomic E-state index is 0.0772. The van der Waals surface area contributed by atoms with E-state index in [4.69, 9.17) is 9.84 Å². The molecule has 0 unspecified atom stereocenters. The molecule has 1 rings (SSSR count). The van der Waals surface area contributed by atoms with Crippen molar-refractivity contribution in [2.24, 2.45) is 23.2 Å². The molecule has 96 valence electrons. The van der Waals surface area contributed by atoms with Crippen molar-refractivity contribution in [1.82, 2.24) is 0 Å². The zero-order chi connectivity index (χ0) is 13.2. The van der Waals surface area contributed by atoms with Crippen LogP contribution in [0.5, 0.6) is 0 Å². The van der Waals surface area contributed by atoms with Crippen LogP contribution in [-0.2, 0) is 14.3 Å². The van der Waals surface area contributed by atoms with E-state index in [0.717, 1.165) is 0 Å². The van der Waals surface area contributed by atoms with Gasteiger partial charge in [0.25, 0.3) is 0 Å². The first kappa shape index (κ1) is 13.7. The van der Waals surface area contributed by atoms with E-state index >= 15 is 0 Å². The second-order valence-electron chi connectivity index (χ2n) is 5.55. The van der Waals surface area contributed by atoms with E-state index < -0.39 is 17.9 Å². The van der Waals surface area contributed by atoms with Crippen LogP contribution < -0.4 is 0 Å². The van der Waals surface area contributed by atoms with E-state index in [0.29, 0.717) is 12.5 Å². The van der Waals surface area contributed by atoms with Crippen molar-refractivity contribution in [2.45, 2.75) is 27.7 Å². The van der Waals surface area contributed by atoms with Gasteiger partial charge in [-0.25, -0.2) is 4.79 Å². The van der Waals surface area contributed by atoms with Gasteiger partial charge in [0.05, 0.1) is 12.5 Å². The Labute approximate surface area is 102 Å². The van der Waals surface area contributed by atoms with E-state index in [-0.39, 0.29) is 11.3 Å². The first-order valence-electron chi connectivity index (χ1n) is 5.84. The van der Waals surface area contributed by atoms with E-state index in [9.17, 15) is 9.59 Å². The maximum Gasteiger partial charge on any atom is 0.330 e. The van der Waals surface area contributed by atoms with E-state index in [1.54, 1.807) is 6.08 Å². The number of hydrogen-bond donors (Lipinski definition) is 1. The average Bonchev–Trinajstić information content (AvgIpc) is 2.74. The highest BCUT2D eigenvalue weighted by Crippen LogP contribution is 2.58. The number of carboxylic acids is 1. The van der Waals surface area contributed by atoms with Gasteiger partial charge in [-0.2, -0.15) is 0 Å². The number of rotatable bonds is 5. The molecular weight excluding hydrogens is 220 g/mol. The smallest absolute Gasteiger partial charge is 0.330 e. The highest BCUT2D eigenvalue weighted by molar-refractivity contribution is 5.83. The van der Waals surface area contributed by atoms with Gasteiger partial charge in [-0.1, -0.05) is 33.8 Å². The van der Waals surface area contributed by atoms with Crippen LogP contribution in [0.1, 0.15) is 27.7 Å². The van der Waals surface area contributed by atoms with Crippen LogP contribution in [-0.4, -0.2) is 23.7 Å². The number of carbonyl (C=O) groups excluding carboxylic acids is 1. The fourth-order valence-corrected chi connectivity index (χ4v) is 1.99. The molecule has 0 aromatic heterocycles. The molecule has 1 N–H and O–H groups in total. The van der Waals surface area contributed by atoms with Crippen molar-refractivity contribution < 1.29 is 19.4 Å². The Kier molecular flexibility index (Phi) is 3.96. The lowest BCUT2D eigenvalue weighted by Gasteiger charge is -2.03. The van der Waals surface area contributed by atoms with E-state index in [2.05, 4.69) is 0 Å². The number of hydrogen-bond acceptors (Lipinski definition) is 3. The van der Waals surface area contributed by atoms with Gasteiger partial charge in [0.2, 0.25) is 0 Å². The Morgan fingerprint density at radius 1 is 1.41 bits per heavy atom. The number of aliphatic carboxylic acids is 1. The highest BCUT2D eigenvalue weighted by Gasteiger charge is 2.60. The van der Waals surface area contributed by atoms with Crippen LogP contribution in [0.3, 0.4) is 0 Å². The lowest BCUT2D eigenvalue weighted by Crippen LogP contribution is -2.07. The third kappa shape index (κ3) is 3.32. The molecule has 0 saturated heterocycles. The van der Waals surface area contributed by atoms with Crippen molar-refractivity contribution in [2.75, 3.05) is 6.61 Å². The third-order valence-corrected chi connectivity index (χ3v) is 3.18. The van der Waals surface area contributed by atoms with Gasteiger partial charge in [-0.3, -0.25) is 4.79 Å². The molecule has 1 fully saturated rings. The third-order valence-electron chi connectivity index (χ3n) is 3.18. The summed E-state index contributed by atoms with van der Waals surface area (Å²) in [6.07, 6.45) is 3.00. The zero-order valence-electron chi connectivity index (χ0n) is 10.8. The predicted octanol–water partition coefficient (Wildman–Crippen LogP) is 2.10. The molecule has 1 saturated carbocycles. The monoisotopic (exact) mass is 240 g/mol. The Bertz CT molecular complexity index is 341. The molecule has 0 radical (unpaired) electrons. The molecule has 2 atom stereocenters. The maximum absolute atomic E-state index is 11.3. The number of esters is 1. The van der Waals surface area contributed by atoms with Crippen molar-refractivity contribution in [1.29, 1.82) is 0 Å². The molecule has 0 heterocycles. The Morgan fingerprint density at radius 2 is 2.00 bits per heavy atom. The molecule has 0 aliphatic heterocycles. The van der Waals surface area contributed by atoms with Gasteiger partial charge in [-0.15, -0.1) is 0 Å². The van der Waals surface area contributed by atoms with Gasteiger partial charge >= 0.3 is 11.9 Å². The molecule has 17 heavy (non-hydrogen) atoms. The summed E-state index contributed by atoms with van der Waals surface area (Å²) in [5.74, 6) is -1.37. The number of carbonyl (C=O) groups is 2. The predicted molar refractivity (Wildman–Crippen MR) is 63.3 cm³/mol. The zero-order valence-corrected chi connectivity index (χ0v) is 10.8. The Hall–Kier alpha value is -1.32. The number of carboxylic acid groups (broad SMARTS) is 1. The van der Waals surface area contributed by atoms with E-state index in [1.807, 2.05) is 27.7 Å². The first-order valence-corrected chi connectivity index (χ1v) is 5.84. The molecule has 0 aromatic rings. The second kappa shape index (κ2) is 4.90. The first-order chi connectivity index (χ1) is 7.76. The van der Waals surface area contributed by atoms with Crippen molar-refractivity contribution in [3.05, 3.63) is 12.2 Å². The van der Waals surface area contributed by atoms with Crippen LogP contribution in [0, 0.1) is 23.2 Å². The molecule has 1 aliphatic rings. The summed E-state index contributed by atoms with van der Waals surface area (Å²) in [5, 5.41) is 8.95.